The maximum atomic E-state index is 12.8. The van der Waals surface area contributed by atoms with Gasteiger partial charge in [0.2, 0.25) is 11.8 Å². The number of piperazine rings is 1. The lowest BCUT2D eigenvalue weighted by Crippen LogP contribution is -2.61. The summed E-state index contributed by atoms with van der Waals surface area (Å²) in [6.45, 7) is 3.51. The summed E-state index contributed by atoms with van der Waals surface area (Å²) in [6, 6.07) is 17.1. The normalized spacial score (nSPS) is 22.1. The molecule has 0 saturated carbocycles. The van der Waals surface area contributed by atoms with E-state index in [1.807, 2.05) is 61.5 Å². The molecule has 2 aromatic carbocycles. The van der Waals surface area contributed by atoms with Crippen molar-refractivity contribution in [2.24, 2.45) is 0 Å². The molecule has 4 rings (SSSR count). The summed E-state index contributed by atoms with van der Waals surface area (Å²) in [5, 5.41) is 0. The number of ether oxygens (including phenoxy) is 1. The number of amides is 2. The lowest BCUT2D eigenvalue weighted by molar-refractivity contribution is -0.159. The van der Waals surface area contributed by atoms with E-state index in [0.29, 0.717) is 19.7 Å². The summed E-state index contributed by atoms with van der Waals surface area (Å²) in [7, 11) is 0. The number of hydrogen-bond acceptors (Lipinski definition) is 3. The zero-order valence-corrected chi connectivity index (χ0v) is 15.5. The highest BCUT2D eigenvalue weighted by Crippen LogP contribution is 2.28. The molecule has 2 heterocycles. The maximum Gasteiger partial charge on any atom is 0.246 e. The van der Waals surface area contributed by atoms with Crippen molar-refractivity contribution in [1.82, 2.24) is 9.80 Å². The quantitative estimate of drug-likeness (QED) is 0.820. The standard InChI is InChI=1S/C22H24N2O3/c1-16-21(25)23-13-5-8-20(23)22(26)24(16)14-17-9-11-19(12-10-17)27-15-18-6-3-2-4-7-18/h2-4,6-7,9-12,16,20H,5,8,13-15H2,1H3/t16-,20-/m0/s1. The van der Waals surface area contributed by atoms with E-state index in [2.05, 4.69) is 0 Å². The van der Waals surface area contributed by atoms with Crippen LogP contribution in [0.4, 0.5) is 0 Å². The summed E-state index contributed by atoms with van der Waals surface area (Å²) in [4.78, 5) is 28.8. The highest BCUT2D eigenvalue weighted by Gasteiger charge is 2.45. The van der Waals surface area contributed by atoms with Crippen molar-refractivity contribution in [3.8, 4) is 5.75 Å². The Bertz CT molecular complexity index is 819. The number of carbonyl (C=O) groups excluding carboxylic acids is 2. The van der Waals surface area contributed by atoms with Crippen LogP contribution in [0.15, 0.2) is 54.6 Å². The van der Waals surface area contributed by atoms with Crippen LogP contribution in [0.2, 0.25) is 0 Å². The minimum Gasteiger partial charge on any atom is -0.489 e. The van der Waals surface area contributed by atoms with E-state index in [1.165, 1.54) is 0 Å². The van der Waals surface area contributed by atoms with Crippen LogP contribution in [0.3, 0.4) is 0 Å². The van der Waals surface area contributed by atoms with Gasteiger partial charge in [-0.05, 0) is 43.0 Å². The molecule has 2 amide bonds. The Morgan fingerprint density at radius 3 is 2.44 bits per heavy atom. The summed E-state index contributed by atoms with van der Waals surface area (Å²) >= 11 is 0. The monoisotopic (exact) mass is 364 g/mol. The zero-order valence-electron chi connectivity index (χ0n) is 15.5. The fourth-order valence-electron chi connectivity index (χ4n) is 3.89. The van der Waals surface area contributed by atoms with Crippen LogP contribution in [0.1, 0.15) is 30.9 Å². The van der Waals surface area contributed by atoms with Gasteiger partial charge in [0.1, 0.15) is 24.4 Å². The molecule has 0 radical (unpaired) electrons. The predicted molar refractivity (Wildman–Crippen MR) is 102 cm³/mol. The largest absolute Gasteiger partial charge is 0.489 e. The fourth-order valence-corrected chi connectivity index (χ4v) is 3.89. The third-order valence-electron chi connectivity index (χ3n) is 5.45. The van der Waals surface area contributed by atoms with Crippen molar-refractivity contribution in [2.75, 3.05) is 6.54 Å². The van der Waals surface area contributed by atoms with Gasteiger partial charge in [-0.25, -0.2) is 0 Å². The van der Waals surface area contributed by atoms with Crippen LogP contribution in [0.25, 0.3) is 0 Å². The van der Waals surface area contributed by atoms with Gasteiger partial charge in [-0.15, -0.1) is 0 Å². The summed E-state index contributed by atoms with van der Waals surface area (Å²) in [5.41, 5.74) is 2.12. The Morgan fingerprint density at radius 2 is 1.70 bits per heavy atom. The molecule has 2 aliphatic rings. The molecule has 0 aliphatic carbocycles. The van der Waals surface area contributed by atoms with Crippen molar-refractivity contribution in [3.63, 3.8) is 0 Å². The molecule has 2 fully saturated rings. The van der Waals surface area contributed by atoms with Gasteiger partial charge in [-0.1, -0.05) is 42.5 Å². The van der Waals surface area contributed by atoms with Gasteiger partial charge in [-0.2, -0.15) is 0 Å². The topological polar surface area (TPSA) is 49.9 Å². The molecule has 2 saturated heterocycles. The summed E-state index contributed by atoms with van der Waals surface area (Å²) in [6.07, 6.45) is 1.69. The first-order valence-electron chi connectivity index (χ1n) is 9.50. The van der Waals surface area contributed by atoms with E-state index >= 15 is 0 Å². The minimum absolute atomic E-state index is 0.0694. The maximum absolute atomic E-state index is 12.8. The SMILES string of the molecule is C[C@H]1C(=O)N2CCC[C@H]2C(=O)N1Cc1ccc(OCc2ccccc2)cc1. The van der Waals surface area contributed by atoms with E-state index in [0.717, 1.165) is 29.7 Å². The first-order chi connectivity index (χ1) is 13.1. The van der Waals surface area contributed by atoms with Crippen molar-refractivity contribution in [2.45, 2.75) is 45.0 Å². The number of rotatable bonds is 5. The molecule has 2 aromatic rings. The van der Waals surface area contributed by atoms with Gasteiger partial charge in [0, 0.05) is 13.1 Å². The van der Waals surface area contributed by atoms with Gasteiger partial charge in [-0.3, -0.25) is 9.59 Å². The van der Waals surface area contributed by atoms with Crippen LogP contribution in [-0.4, -0.2) is 40.2 Å². The molecule has 2 aliphatic heterocycles. The van der Waals surface area contributed by atoms with E-state index in [9.17, 15) is 9.59 Å². The molecule has 0 bridgehead atoms. The third kappa shape index (κ3) is 3.54. The molecular weight excluding hydrogens is 340 g/mol. The lowest BCUT2D eigenvalue weighted by Gasteiger charge is -2.41. The van der Waals surface area contributed by atoms with Gasteiger partial charge in [0.15, 0.2) is 0 Å². The highest BCUT2D eigenvalue weighted by molar-refractivity contribution is 5.97. The van der Waals surface area contributed by atoms with Crippen molar-refractivity contribution >= 4 is 11.8 Å². The number of benzene rings is 2. The molecule has 0 aromatic heterocycles. The Balaban J connectivity index is 1.40. The van der Waals surface area contributed by atoms with Gasteiger partial charge >= 0.3 is 0 Å². The van der Waals surface area contributed by atoms with Crippen molar-refractivity contribution < 1.29 is 14.3 Å². The highest BCUT2D eigenvalue weighted by atomic mass is 16.5. The number of fused-ring (bicyclic) bond motifs is 1. The first kappa shape index (κ1) is 17.6. The smallest absolute Gasteiger partial charge is 0.246 e. The first-order valence-corrected chi connectivity index (χ1v) is 9.50. The second-order valence-corrected chi connectivity index (χ2v) is 7.25. The molecule has 2 atom stereocenters. The fraction of sp³-hybridized carbons (Fsp3) is 0.364. The number of carbonyl (C=O) groups is 2. The molecule has 0 spiro atoms. The van der Waals surface area contributed by atoms with Gasteiger partial charge < -0.3 is 14.5 Å². The minimum atomic E-state index is -0.402. The van der Waals surface area contributed by atoms with Gasteiger partial charge in [0.05, 0.1) is 0 Å². The number of hydrogen-bond donors (Lipinski definition) is 0. The zero-order chi connectivity index (χ0) is 18.8. The van der Waals surface area contributed by atoms with Gasteiger partial charge in [0.25, 0.3) is 0 Å². The molecule has 140 valence electrons. The Kier molecular flexibility index (Phi) is 4.84. The third-order valence-corrected chi connectivity index (χ3v) is 5.45. The Morgan fingerprint density at radius 1 is 0.963 bits per heavy atom. The predicted octanol–water partition coefficient (Wildman–Crippen LogP) is 2.99. The Hall–Kier alpha value is -2.82. The summed E-state index contributed by atoms with van der Waals surface area (Å²) < 4.78 is 5.81. The molecular formula is C22H24N2O3. The lowest BCUT2D eigenvalue weighted by atomic mass is 10.0. The van der Waals surface area contributed by atoms with E-state index in [4.69, 9.17) is 4.74 Å². The Labute approximate surface area is 159 Å². The van der Waals surface area contributed by atoms with Crippen LogP contribution in [0.5, 0.6) is 5.75 Å². The molecule has 0 unspecified atom stereocenters. The molecule has 5 nitrogen and oxygen atoms in total. The van der Waals surface area contributed by atoms with E-state index < -0.39 is 6.04 Å². The molecule has 0 N–H and O–H groups in total. The number of nitrogens with zero attached hydrogens (tertiary/aromatic N) is 2. The van der Waals surface area contributed by atoms with E-state index in [1.54, 1.807) is 9.80 Å². The second kappa shape index (κ2) is 7.43. The van der Waals surface area contributed by atoms with Crippen molar-refractivity contribution in [1.29, 1.82) is 0 Å². The molecule has 5 heteroatoms. The van der Waals surface area contributed by atoms with Crippen LogP contribution >= 0.6 is 0 Å². The average molecular weight is 364 g/mol. The van der Waals surface area contributed by atoms with Crippen molar-refractivity contribution in [3.05, 3.63) is 65.7 Å². The van der Waals surface area contributed by atoms with Crippen LogP contribution < -0.4 is 4.74 Å². The van der Waals surface area contributed by atoms with Crippen LogP contribution in [0, 0.1) is 0 Å². The average Bonchev–Trinajstić information content (AvgIpc) is 3.20. The molecule has 27 heavy (non-hydrogen) atoms. The van der Waals surface area contributed by atoms with E-state index in [-0.39, 0.29) is 17.9 Å². The summed E-state index contributed by atoms with van der Waals surface area (Å²) in [5.74, 6) is 0.933. The van der Waals surface area contributed by atoms with Crippen LogP contribution in [-0.2, 0) is 22.7 Å². The second-order valence-electron chi connectivity index (χ2n) is 7.25.